The molecule has 0 bridgehead atoms. The van der Waals surface area contributed by atoms with Gasteiger partial charge in [-0.3, -0.25) is 25.3 Å². The molecule has 2 amide bonds. The van der Waals surface area contributed by atoms with Gasteiger partial charge in [-0.2, -0.15) is 0 Å². The first-order valence-electron chi connectivity index (χ1n) is 8.92. The number of hydrazine groups is 1. The molecule has 1 aromatic rings. The lowest BCUT2D eigenvalue weighted by atomic mass is 10.2. The molecule has 0 aliphatic heterocycles. The zero-order chi connectivity index (χ0) is 17.3. The summed E-state index contributed by atoms with van der Waals surface area (Å²) >= 11 is 0. The van der Waals surface area contributed by atoms with Gasteiger partial charge in [0.05, 0.1) is 12.6 Å². The molecule has 2 N–H and O–H groups in total. The molecule has 0 saturated heterocycles. The monoisotopic (exact) mass is 333 g/mol. The van der Waals surface area contributed by atoms with E-state index in [0.717, 1.165) is 30.3 Å². The molecule has 1 heterocycles. The fraction of sp³-hybridized carbons (Fsp3) is 0.667. The number of amides is 2. The minimum absolute atomic E-state index is 0.189. The van der Waals surface area contributed by atoms with E-state index in [0.29, 0.717) is 24.9 Å². The first kappa shape index (κ1) is 17.0. The Morgan fingerprint density at radius 1 is 1.33 bits per heavy atom. The number of hydrogen-bond donors (Lipinski definition) is 2. The van der Waals surface area contributed by atoms with Crippen molar-refractivity contribution in [2.75, 3.05) is 0 Å². The van der Waals surface area contributed by atoms with Crippen molar-refractivity contribution in [3.63, 3.8) is 0 Å². The van der Waals surface area contributed by atoms with E-state index in [-0.39, 0.29) is 17.9 Å². The molecule has 0 spiro atoms. The molecule has 3 atom stereocenters. The molecule has 24 heavy (non-hydrogen) atoms. The van der Waals surface area contributed by atoms with Crippen LogP contribution in [0.3, 0.4) is 0 Å². The van der Waals surface area contributed by atoms with Gasteiger partial charge in [-0.15, -0.1) is 0 Å². The first-order valence-corrected chi connectivity index (χ1v) is 8.92. The highest BCUT2D eigenvalue weighted by Gasteiger charge is 2.38. The molecule has 3 rings (SSSR count). The normalized spacial score (nSPS) is 23.8. The minimum Gasteiger partial charge on any atom is -0.464 e. The van der Waals surface area contributed by atoms with Crippen LogP contribution in [-0.2, 0) is 16.1 Å². The second-order valence-corrected chi connectivity index (χ2v) is 7.09. The number of furan rings is 1. The third kappa shape index (κ3) is 3.98. The molecule has 2 aliphatic carbocycles. The van der Waals surface area contributed by atoms with Crippen molar-refractivity contribution >= 4 is 11.8 Å². The SMILES string of the molecule is CCC(=O)NNC(=O)[C@H](C)N(Cc1ccc([C@H]2C[C@H]2C)o1)C1CC1. The summed E-state index contributed by atoms with van der Waals surface area (Å²) in [5.74, 6) is 2.89. The summed E-state index contributed by atoms with van der Waals surface area (Å²) in [6, 6.07) is 4.20. The van der Waals surface area contributed by atoms with Gasteiger partial charge in [0.25, 0.3) is 5.91 Å². The smallest absolute Gasteiger partial charge is 0.255 e. The van der Waals surface area contributed by atoms with Crippen LogP contribution < -0.4 is 10.9 Å². The highest BCUT2D eigenvalue weighted by Crippen LogP contribution is 2.47. The fourth-order valence-corrected chi connectivity index (χ4v) is 3.04. The Kier molecular flexibility index (Phi) is 4.94. The van der Waals surface area contributed by atoms with Crippen LogP contribution in [0.15, 0.2) is 16.5 Å². The second-order valence-electron chi connectivity index (χ2n) is 7.09. The lowest BCUT2D eigenvalue weighted by Gasteiger charge is -2.27. The number of nitrogens with zero attached hydrogens (tertiary/aromatic N) is 1. The van der Waals surface area contributed by atoms with Gasteiger partial charge >= 0.3 is 0 Å². The topological polar surface area (TPSA) is 74.6 Å². The van der Waals surface area contributed by atoms with E-state index in [9.17, 15) is 9.59 Å². The van der Waals surface area contributed by atoms with Gasteiger partial charge in [0.2, 0.25) is 5.91 Å². The van der Waals surface area contributed by atoms with Gasteiger partial charge in [-0.05, 0) is 44.2 Å². The van der Waals surface area contributed by atoms with Crippen LogP contribution in [0, 0.1) is 5.92 Å². The molecule has 2 aliphatic rings. The Balaban J connectivity index is 1.58. The highest BCUT2D eigenvalue weighted by molar-refractivity contribution is 5.84. The van der Waals surface area contributed by atoms with E-state index < -0.39 is 0 Å². The molecule has 0 unspecified atom stereocenters. The molecule has 1 aromatic heterocycles. The van der Waals surface area contributed by atoms with Gasteiger partial charge in [-0.1, -0.05) is 13.8 Å². The number of carbonyl (C=O) groups is 2. The largest absolute Gasteiger partial charge is 0.464 e. The predicted molar refractivity (Wildman–Crippen MR) is 89.8 cm³/mol. The Bertz CT molecular complexity index is 608. The quantitative estimate of drug-likeness (QED) is 0.751. The zero-order valence-electron chi connectivity index (χ0n) is 14.7. The average molecular weight is 333 g/mol. The highest BCUT2D eigenvalue weighted by atomic mass is 16.3. The van der Waals surface area contributed by atoms with E-state index in [1.807, 2.05) is 13.0 Å². The van der Waals surface area contributed by atoms with E-state index in [1.54, 1.807) is 6.92 Å². The van der Waals surface area contributed by atoms with Crippen LogP contribution in [0.1, 0.15) is 63.9 Å². The lowest BCUT2D eigenvalue weighted by Crippen LogP contribution is -2.51. The van der Waals surface area contributed by atoms with E-state index in [2.05, 4.69) is 28.7 Å². The van der Waals surface area contributed by atoms with Crippen LogP contribution >= 0.6 is 0 Å². The van der Waals surface area contributed by atoms with Crippen LogP contribution in [0.5, 0.6) is 0 Å². The Hall–Kier alpha value is -1.82. The van der Waals surface area contributed by atoms with Crippen molar-refractivity contribution in [1.82, 2.24) is 15.8 Å². The van der Waals surface area contributed by atoms with Crippen LogP contribution in [0.4, 0.5) is 0 Å². The predicted octanol–water partition coefficient (Wildman–Crippen LogP) is 2.31. The van der Waals surface area contributed by atoms with E-state index in [4.69, 9.17) is 4.42 Å². The molecule has 2 saturated carbocycles. The molecular weight excluding hydrogens is 306 g/mol. The summed E-state index contributed by atoms with van der Waals surface area (Å²) in [4.78, 5) is 25.7. The molecule has 2 fully saturated rings. The lowest BCUT2D eigenvalue weighted by molar-refractivity contribution is -0.132. The standard InChI is InChI=1S/C18H27N3O3/c1-4-17(22)19-20-18(23)12(3)21(13-5-6-13)10-14-7-8-16(24-14)15-9-11(15)2/h7-8,11-13,15H,4-6,9-10H2,1-3H3,(H,19,22)(H,20,23)/t11-,12+,15+/m1/s1. The minimum atomic E-state index is -0.317. The summed E-state index contributed by atoms with van der Waals surface area (Å²) in [5, 5.41) is 0. The fourth-order valence-electron chi connectivity index (χ4n) is 3.04. The number of nitrogens with one attached hydrogen (secondary N) is 2. The maximum Gasteiger partial charge on any atom is 0.255 e. The summed E-state index contributed by atoms with van der Waals surface area (Å²) in [7, 11) is 0. The van der Waals surface area contributed by atoms with Gasteiger partial charge < -0.3 is 4.42 Å². The van der Waals surface area contributed by atoms with Crippen molar-refractivity contribution in [3.8, 4) is 0 Å². The molecule has 6 heteroatoms. The zero-order valence-corrected chi connectivity index (χ0v) is 14.7. The third-order valence-corrected chi connectivity index (χ3v) is 5.03. The molecule has 6 nitrogen and oxygen atoms in total. The van der Waals surface area contributed by atoms with Crippen LogP contribution in [0.2, 0.25) is 0 Å². The van der Waals surface area contributed by atoms with Gasteiger partial charge in [-0.25, -0.2) is 0 Å². The van der Waals surface area contributed by atoms with Crippen molar-refractivity contribution in [2.24, 2.45) is 5.92 Å². The van der Waals surface area contributed by atoms with Gasteiger partial charge in [0.1, 0.15) is 11.5 Å². The number of hydrogen-bond acceptors (Lipinski definition) is 4. The summed E-state index contributed by atoms with van der Waals surface area (Å²) in [6.07, 6.45) is 3.75. The van der Waals surface area contributed by atoms with Gasteiger partial charge in [0.15, 0.2) is 0 Å². The molecule has 132 valence electrons. The van der Waals surface area contributed by atoms with Crippen molar-refractivity contribution in [3.05, 3.63) is 23.7 Å². The van der Waals surface area contributed by atoms with E-state index >= 15 is 0 Å². The average Bonchev–Trinajstić information content (AvgIpc) is 3.50. The number of rotatable bonds is 7. The van der Waals surface area contributed by atoms with Crippen molar-refractivity contribution in [1.29, 1.82) is 0 Å². The van der Waals surface area contributed by atoms with E-state index in [1.165, 1.54) is 6.42 Å². The third-order valence-electron chi connectivity index (χ3n) is 5.03. The Labute approximate surface area is 142 Å². The number of carbonyl (C=O) groups excluding carboxylic acids is 2. The first-order chi connectivity index (χ1) is 11.5. The summed E-state index contributed by atoms with van der Waals surface area (Å²) < 4.78 is 5.99. The molecule has 0 aromatic carbocycles. The second kappa shape index (κ2) is 6.97. The maximum absolute atomic E-state index is 12.3. The Morgan fingerprint density at radius 3 is 2.62 bits per heavy atom. The Morgan fingerprint density at radius 2 is 2.04 bits per heavy atom. The summed E-state index contributed by atoms with van der Waals surface area (Å²) in [6.45, 7) is 6.48. The molecular formula is C18H27N3O3. The van der Waals surface area contributed by atoms with Crippen LogP contribution in [0.25, 0.3) is 0 Å². The molecule has 0 radical (unpaired) electrons. The van der Waals surface area contributed by atoms with Crippen molar-refractivity contribution in [2.45, 2.75) is 71.0 Å². The summed E-state index contributed by atoms with van der Waals surface area (Å²) in [5.41, 5.74) is 4.95. The van der Waals surface area contributed by atoms with Crippen molar-refractivity contribution < 1.29 is 14.0 Å². The van der Waals surface area contributed by atoms with Gasteiger partial charge in [0, 0.05) is 18.4 Å². The maximum atomic E-state index is 12.3. The van der Waals surface area contributed by atoms with Crippen LogP contribution in [-0.4, -0.2) is 28.8 Å².